The molecule has 2 aliphatic carbocycles. The molecule has 0 aliphatic heterocycles. The number of nitrogens with two attached hydrogens (primary N) is 1. The summed E-state index contributed by atoms with van der Waals surface area (Å²) in [5.41, 5.74) is 7.60. The Balaban J connectivity index is 1.83. The molecule has 108 valence electrons. The average molecular weight is 274 g/mol. The van der Waals surface area contributed by atoms with Gasteiger partial charge in [-0.15, -0.1) is 0 Å². The van der Waals surface area contributed by atoms with E-state index in [9.17, 15) is 4.79 Å². The van der Waals surface area contributed by atoms with E-state index in [0.29, 0.717) is 6.42 Å². The average Bonchev–Trinajstić information content (AvgIpc) is 3.28. The fourth-order valence-electron chi connectivity index (χ4n) is 3.01. The summed E-state index contributed by atoms with van der Waals surface area (Å²) in [6.07, 6.45) is 4.88. The van der Waals surface area contributed by atoms with Crippen LogP contribution >= 0.6 is 0 Å². The third-order valence-electron chi connectivity index (χ3n) is 4.62. The maximum atomic E-state index is 12.0. The molecule has 3 rings (SSSR count). The number of benzene rings is 1. The van der Waals surface area contributed by atoms with Crippen molar-refractivity contribution >= 4 is 5.91 Å². The van der Waals surface area contributed by atoms with Gasteiger partial charge in [-0.05, 0) is 67.8 Å². The summed E-state index contributed by atoms with van der Waals surface area (Å²) in [4.78, 5) is 12.0. The van der Waals surface area contributed by atoms with Crippen molar-refractivity contribution in [3.63, 3.8) is 0 Å². The Bertz CT molecular complexity index is 525. The Labute approximate surface area is 119 Å². The highest BCUT2D eigenvalue weighted by atomic mass is 16.5. The summed E-state index contributed by atoms with van der Waals surface area (Å²) in [6.45, 7) is 0.905. The number of hydrogen-bond donors (Lipinski definition) is 2. The lowest BCUT2D eigenvalue weighted by molar-refractivity contribution is -0.125. The number of aryl methyl sites for hydroxylation is 1. The fraction of sp³-hybridized carbons (Fsp3) is 0.562. The van der Waals surface area contributed by atoms with Crippen LogP contribution < -0.4 is 15.8 Å². The van der Waals surface area contributed by atoms with Crippen LogP contribution in [-0.4, -0.2) is 25.1 Å². The Hall–Kier alpha value is -1.55. The van der Waals surface area contributed by atoms with Gasteiger partial charge in [-0.3, -0.25) is 4.79 Å². The van der Waals surface area contributed by atoms with E-state index in [4.69, 9.17) is 10.5 Å². The molecule has 3 N–H and O–H groups in total. The Morgan fingerprint density at radius 1 is 1.45 bits per heavy atom. The van der Waals surface area contributed by atoms with Crippen LogP contribution in [0.15, 0.2) is 18.2 Å². The molecule has 0 saturated heterocycles. The van der Waals surface area contributed by atoms with Gasteiger partial charge >= 0.3 is 0 Å². The first-order valence-electron chi connectivity index (χ1n) is 7.34. The standard InChI is InChI=1S/C16H22N2O2/c1-20-14-5-4-12-6-7-16(15(17)19,9-13(12)8-14)18-10-11-2-3-11/h4-5,8,11,18H,2-3,6-7,9-10H2,1H3,(H2,17,19). The number of carbonyl (C=O) groups excluding carboxylic acids is 1. The van der Waals surface area contributed by atoms with E-state index in [1.54, 1.807) is 7.11 Å². The summed E-state index contributed by atoms with van der Waals surface area (Å²) in [7, 11) is 1.66. The maximum absolute atomic E-state index is 12.0. The van der Waals surface area contributed by atoms with E-state index >= 15 is 0 Å². The number of fused-ring (bicyclic) bond motifs is 1. The highest BCUT2D eigenvalue weighted by Gasteiger charge is 2.40. The third-order valence-corrected chi connectivity index (χ3v) is 4.62. The van der Waals surface area contributed by atoms with Gasteiger partial charge in [-0.1, -0.05) is 6.07 Å². The van der Waals surface area contributed by atoms with Crippen LogP contribution in [0.5, 0.6) is 5.75 Å². The van der Waals surface area contributed by atoms with Crippen LogP contribution in [0.4, 0.5) is 0 Å². The quantitative estimate of drug-likeness (QED) is 0.853. The zero-order chi connectivity index (χ0) is 14.2. The highest BCUT2D eigenvalue weighted by molar-refractivity contribution is 5.85. The Morgan fingerprint density at radius 3 is 2.90 bits per heavy atom. The molecular weight excluding hydrogens is 252 g/mol. The van der Waals surface area contributed by atoms with Gasteiger partial charge in [0, 0.05) is 0 Å². The van der Waals surface area contributed by atoms with Crippen molar-refractivity contribution in [3.8, 4) is 5.75 Å². The molecule has 2 aliphatic rings. The second-order valence-electron chi connectivity index (χ2n) is 6.08. The van der Waals surface area contributed by atoms with Crippen molar-refractivity contribution in [2.75, 3.05) is 13.7 Å². The van der Waals surface area contributed by atoms with E-state index in [0.717, 1.165) is 31.1 Å². The van der Waals surface area contributed by atoms with Crippen LogP contribution in [0.25, 0.3) is 0 Å². The maximum Gasteiger partial charge on any atom is 0.238 e. The molecule has 4 heteroatoms. The number of rotatable bonds is 5. The minimum Gasteiger partial charge on any atom is -0.497 e. The molecule has 0 aromatic heterocycles. The molecule has 1 atom stereocenters. The number of hydrogen-bond acceptors (Lipinski definition) is 3. The van der Waals surface area contributed by atoms with Crippen LogP contribution in [0.3, 0.4) is 0 Å². The van der Waals surface area contributed by atoms with Crippen molar-refractivity contribution in [2.24, 2.45) is 11.7 Å². The molecular formula is C16H22N2O2. The van der Waals surface area contributed by atoms with Gasteiger partial charge in [0.15, 0.2) is 0 Å². The van der Waals surface area contributed by atoms with Gasteiger partial charge in [0.25, 0.3) is 0 Å². The summed E-state index contributed by atoms with van der Waals surface area (Å²) in [6, 6.07) is 6.11. The predicted molar refractivity (Wildman–Crippen MR) is 77.7 cm³/mol. The monoisotopic (exact) mass is 274 g/mol. The number of primary amides is 1. The van der Waals surface area contributed by atoms with Crippen molar-refractivity contribution in [1.29, 1.82) is 0 Å². The lowest BCUT2D eigenvalue weighted by Gasteiger charge is -2.36. The second-order valence-corrected chi connectivity index (χ2v) is 6.08. The van der Waals surface area contributed by atoms with Gasteiger partial charge in [-0.25, -0.2) is 0 Å². The fourth-order valence-corrected chi connectivity index (χ4v) is 3.01. The van der Waals surface area contributed by atoms with Gasteiger partial charge in [0.05, 0.1) is 7.11 Å². The van der Waals surface area contributed by atoms with Crippen molar-refractivity contribution in [3.05, 3.63) is 29.3 Å². The molecule has 0 radical (unpaired) electrons. The smallest absolute Gasteiger partial charge is 0.238 e. The van der Waals surface area contributed by atoms with Gasteiger partial charge in [-0.2, -0.15) is 0 Å². The molecule has 0 bridgehead atoms. The van der Waals surface area contributed by atoms with Gasteiger partial charge in [0.1, 0.15) is 11.3 Å². The lowest BCUT2D eigenvalue weighted by Crippen LogP contribution is -2.59. The van der Waals surface area contributed by atoms with Crippen molar-refractivity contribution < 1.29 is 9.53 Å². The van der Waals surface area contributed by atoms with Crippen molar-refractivity contribution in [2.45, 2.75) is 37.6 Å². The van der Waals surface area contributed by atoms with E-state index in [2.05, 4.69) is 11.4 Å². The Morgan fingerprint density at radius 2 is 2.25 bits per heavy atom. The number of carbonyl (C=O) groups is 1. The SMILES string of the molecule is COc1ccc2c(c1)CC(NCC1CC1)(C(N)=O)CC2. The largest absolute Gasteiger partial charge is 0.497 e. The van der Waals surface area contributed by atoms with Crippen LogP contribution in [0.2, 0.25) is 0 Å². The molecule has 1 fully saturated rings. The van der Waals surface area contributed by atoms with Crippen LogP contribution in [0.1, 0.15) is 30.4 Å². The second kappa shape index (κ2) is 5.09. The first-order chi connectivity index (χ1) is 9.63. The van der Waals surface area contributed by atoms with E-state index < -0.39 is 5.54 Å². The molecule has 0 heterocycles. The van der Waals surface area contributed by atoms with E-state index in [1.165, 1.54) is 24.0 Å². The minimum absolute atomic E-state index is 0.230. The molecule has 1 amide bonds. The molecule has 1 aromatic rings. The highest BCUT2D eigenvalue weighted by Crippen LogP contribution is 2.33. The summed E-state index contributed by atoms with van der Waals surface area (Å²) >= 11 is 0. The normalized spacial score (nSPS) is 25.1. The summed E-state index contributed by atoms with van der Waals surface area (Å²) in [5, 5.41) is 3.46. The molecule has 4 nitrogen and oxygen atoms in total. The van der Waals surface area contributed by atoms with Gasteiger partial charge in [0.2, 0.25) is 5.91 Å². The van der Waals surface area contributed by atoms with E-state index in [-0.39, 0.29) is 5.91 Å². The first kappa shape index (κ1) is 13.4. The number of methoxy groups -OCH3 is 1. The molecule has 1 unspecified atom stereocenters. The number of ether oxygens (including phenoxy) is 1. The third kappa shape index (κ3) is 2.52. The number of amides is 1. The zero-order valence-electron chi connectivity index (χ0n) is 11.9. The summed E-state index contributed by atoms with van der Waals surface area (Å²) in [5.74, 6) is 1.34. The first-order valence-corrected chi connectivity index (χ1v) is 7.34. The number of nitrogens with one attached hydrogen (secondary N) is 1. The van der Waals surface area contributed by atoms with Gasteiger partial charge < -0.3 is 15.8 Å². The molecule has 0 spiro atoms. The lowest BCUT2D eigenvalue weighted by atomic mass is 9.77. The van der Waals surface area contributed by atoms with Crippen LogP contribution in [0, 0.1) is 5.92 Å². The molecule has 20 heavy (non-hydrogen) atoms. The predicted octanol–water partition coefficient (Wildman–Crippen LogP) is 1.41. The van der Waals surface area contributed by atoms with Crippen LogP contribution in [-0.2, 0) is 17.6 Å². The Kier molecular flexibility index (Phi) is 3.42. The zero-order valence-corrected chi connectivity index (χ0v) is 11.9. The topological polar surface area (TPSA) is 64.3 Å². The van der Waals surface area contributed by atoms with Crippen molar-refractivity contribution in [1.82, 2.24) is 5.32 Å². The summed E-state index contributed by atoms with van der Waals surface area (Å²) < 4.78 is 5.28. The molecule has 1 aromatic carbocycles. The van der Waals surface area contributed by atoms with E-state index in [1.807, 2.05) is 12.1 Å². The minimum atomic E-state index is -0.581. The molecule has 1 saturated carbocycles.